The normalized spacial score (nSPS) is 13.6. The van der Waals surface area contributed by atoms with Gasteiger partial charge >= 0.3 is 12.1 Å². The molecule has 0 saturated heterocycles. The van der Waals surface area contributed by atoms with Crippen LogP contribution in [0.5, 0.6) is 0 Å². The molecule has 1 atom stereocenters. The lowest BCUT2D eigenvalue weighted by Gasteiger charge is -2.07. The van der Waals surface area contributed by atoms with Gasteiger partial charge in [0.1, 0.15) is 5.82 Å². The smallest absolute Gasteiger partial charge is 0.329 e. The van der Waals surface area contributed by atoms with E-state index in [0.717, 1.165) is 6.07 Å². The molecule has 2 aromatic rings. The van der Waals surface area contributed by atoms with Crippen LogP contribution in [0.4, 0.5) is 17.6 Å². The van der Waals surface area contributed by atoms with Crippen LogP contribution < -0.4 is 5.73 Å². The molecule has 1 unspecified atom stereocenters. The van der Waals surface area contributed by atoms with E-state index < -0.39 is 23.9 Å². The number of nitrogens with two attached hydrogens (primary N) is 1. The predicted molar refractivity (Wildman–Crippen MR) is 56.7 cm³/mol. The van der Waals surface area contributed by atoms with Gasteiger partial charge in [-0.1, -0.05) is 22.8 Å². The maximum atomic E-state index is 13.0. The summed E-state index contributed by atoms with van der Waals surface area (Å²) in [7, 11) is 0. The highest BCUT2D eigenvalue weighted by Gasteiger charge is 2.39. The monoisotopic (exact) mass is 295 g/mol. The van der Waals surface area contributed by atoms with Gasteiger partial charge in [-0.2, -0.15) is 18.2 Å². The number of hydrogen-bond donors (Lipinski definition) is 1. The molecule has 19 heavy (non-hydrogen) atoms. The van der Waals surface area contributed by atoms with Crippen LogP contribution in [0.2, 0.25) is 5.02 Å². The molecule has 0 radical (unpaired) electrons. The molecule has 1 aromatic carbocycles. The van der Waals surface area contributed by atoms with Crippen molar-refractivity contribution >= 4 is 11.6 Å². The molecule has 0 saturated carbocycles. The van der Waals surface area contributed by atoms with E-state index in [1.54, 1.807) is 0 Å². The van der Waals surface area contributed by atoms with E-state index in [1.807, 2.05) is 0 Å². The largest absolute Gasteiger partial charge is 0.471 e. The van der Waals surface area contributed by atoms with Gasteiger partial charge in [-0.15, -0.1) is 0 Å². The molecule has 0 aliphatic heterocycles. The Labute approximate surface area is 109 Å². The van der Waals surface area contributed by atoms with Crippen LogP contribution in [0, 0.1) is 5.82 Å². The topological polar surface area (TPSA) is 64.9 Å². The molecule has 0 amide bonds. The molecule has 1 aromatic heterocycles. The van der Waals surface area contributed by atoms with Gasteiger partial charge < -0.3 is 10.3 Å². The van der Waals surface area contributed by atoms with Crippen LogP contribution in [0.15, 0.2) is 22.7 Å². The SMILES string of the molecule is NC(c1ccc(F)c(Cl)c1)c1noc(C(F)(F)F)n1. The molecule has 2 rings (SSSR count). The molecule has 2 N–H and O–H groups in total. The first-order valence-electron chi connectivity index (χ1n) is 4.90. The Morgan fingerprint density at radius 3 is 2.53 bits per heavy atom. The summed E-state index contributed by atoms with van der Waals surface area (Å²) in [6.45, 7) is 0. The summed E-state index contributed by atoms with van der Waals surface area (Å²) >= 11 is 5.55. The summed E-state index contributed by atoms with van der Waals surface area (Å²) in [5.41, 5.74) is 5.92. The second kappa shape index (κ2) is 4.78. The zero-order valence-electron chi connectivity index (χ0n) is 9.08. The molecule has 0 spiro atoms. The first-order valence-corrected chi connectivity index (χ1v) is 5.28. The highest BCUT2D eigenvalue weighted by atomic mass is 35.5. The number of nitrogens with zero attached hydrogens (tertiary/aromatic N) is 2. The third kappa shape index (κ3) is 2.85. The molecule has 0 aliphatic carbocycles. The van der Waals surface area contributed by atoms with Crippen molar-refractivity contribution < 1.29 is 22.1 Å². The van der Waals surface area contributed by atoms with Crippen LogP contribution in [0.25, 0.3) is 0 Å². The highest BCUT2D eigenvalue weighted by molar-refractivity contribution is 6.30. The molecular weight excluding hydrogens is 290 g/mol. The number of halogens is 5. The Bertz CT molecular complexity index is 599. The Hall–Kier alpha value is -1.67. The zero-order chi connectivity index (χ0) is 14.2. The Morgan fingerprint density at radius 1 is 1.32 bits per heavy atom. The second-order valence-electron chi connectivity index (χ2n) is 3.61. The Kier molecular flexibility index (Phi) is 3.46. The average Bonchev–Trinajstić information content (AvgIpc) is 2.81. The molecule has 1 heterocycles. The first kappa shape index (κ1) is 13.8. The van der Waals surface area contributed by atoms with E-state index in [1.165, 1.54) is 12.1 Å². The minimum absolute atomic E-state index is 0.201. The van der Waals surface area contributed by atoms with Gasteiger partial charge in [0.15, 0.2) is 5.82 Å². The van der Waals surface area contributed by atoms with Crippen molar-refractivity contribution in [2.45, 2.75) is 12.2 Å². The molecule has 0 aliphatic rings. The lowest BCUT2D eigenvalue weighted by Crippen LogP contribution is -2.14. The average molecular weight is 296 g/mol. The van der Waals surface area contributed by atoms with Crippen LogP contribution in [-0.2, 0) is 6.18 Å². The summed E-state index contributed by atoms with van der Waals surface area (Å²) in [4.78, 5) is 3.15. The minimum atomic E-state index is -4.74. The minimum Gasteiger partial charge on any atom is -0.329 e. The van der Waals surface area contributed by atoms with Gasteiger partial charge in [0, 0.05) is 0 Å². The van der Waals surface area contributed by atoms with Gasteiger partial charge in [0.05, 0.1) is 11.1 Å². The van der Waals surface area contributed by atoms with Crippen LogP contribution >= 0.6 is 11.6 Å². The van der Waals surface area contributed by atoms with Crippen LogP contribution in [-0.4, -0.2) is 10.1 Å². The van der Waals surface area contributed by atoms with Crippen molar-refractivity contribution in [2.75, 3.05) is 0 Å². The van der Waals surface area contributed by atoms with E-state index >= 15 is 0 Å². The summed E-state index contributed by atoms with van der Waals surface area (Å²) in [5.74, 6) is -2.53. The maximum Gasteiger partial charge on any atom is 0.471 e. The van der Waals surface area contributed by atoms with Crippen LogP contribution in [0.1, 0.15) is 23.3 Å². The van der Waals surface area contributed by atoms with E-state index in [0.29, 0.717) is 0 Å². The lowest BCUT2D eigenvalue weighted by atomic mass is 10.1. The summed E-state index contributed by atoms with van der Waals surface area (Å²) in [6, 6.07) is 2.40. The van der Waals surface area contributed by atoms with E-state index in [-0.39, 0.29) is 16.4 Å². The summed E-state index contributed by atoms with van der Waals surface area (Å²) in [5, 5.41) is 2.94. The van der Waals surface area contributed by atoms with Crippen molar-refractivity contribution in [1.82, 2.24) is 10.1 Å². The number of rotatable bonds is 2. The quantitative estimate of drug-likeness (QED) is 0.865. The van der Waals surface area contributed by atoms with Crippen molar-refractivity contribution in [3.05, 3.63) is 46.3 Å². The fraction of sp³-hybridized carbons (Fsp3) is 0.200. The maximum absolute atomic E-state index is 13.0. The van der Waals surface area contributed by atoms with Gasteiger partial charge in [0.2, 0.25) is 0 Å². The van der Waals surface area contributed by atoms with E-state index in [2.05, 4.69) is 14.7 Å². The molecule has 4 nitrogen and oxygen atoms in total. The van der Waals surface area contributed by atoms with Crippen molar-refractivity contribution in [2.24, 2.45) is 5.73 Å². The number of benzene rings is 1. The van der Waals surface area contributed by atoms with Gasteiger partial charge in [-0.3, -0.25) is 0 Å². The highest BCUT2D eigenvalue weighted by Crippen LogP contribution is 2.29. The zero-order valence-corrected chi connectivity index (χ0v) is 9.84. The van der Waals surface area contributed by atoms with Crippen molar-refractivity contribution in [3.8, 4) is 0 Å². The molecular formula is C10H6ClF4N3O. The van der Waals surface area contributed by atoms with Gasteiger partial charge in [-0.25, -0.2) is 4.39 Å². The molecule has 0 bridgehead atoms. The molecule has 0 fully saturated rings. The van der Waals surface area contributed by atoms with Crippen molar-refractivity contribution in [1.29, 1.82) is 0 Å². The third-order valence-corrected chi connectivity index (χ3v) is 2.55. The predicted octanol–water partition coefficient (Wildman–Crippen LogP) is 2.93. The third-order valence-electron chi connectivity index (χ3n) is 2.27. The van der Waals surface area contributed by atoms with E-state index in [4.69, 9.17) is 17.3 Å². The standard InChI is InChI=1S/C10H6ClF4N3O/c11-5-3-4(1-2-6(5)12)7(16)8-17-9(19-18-8)10(13,14)15/h1-3,7H,16H2. The fourth-order valence-corrected chi connectivity index (χ4v) is 1.52. The van der Waals surface area contributed by atoms with Gasteiger partial charge in [-0.05, 0) is 17.7 Å². The number of alkyl halides is 3. The summed E-state index contributed by atoms with van der Waals surface area (Å²) in [6.07, 6.45) is -4.74. The Morgan fingerprint density at radius 2 is 2.00 bits per heavy atom. The summed E-state index contributed by atoms with van der Waals surface area (Å²) < 4.78 is 53.8. The van der Waals surface area contributed by atoms with Gasteiger partial charge in [0.25, 0.3) is 0 Å². The first-order chi connectivity index (χ1) is 8.79. The van der Waals surface area contributed by atoms with E-state index in [9.17, 15) is 17.6 Å². The lowest BCUT2D eigenvalue weighted by molar-refractivity contribution is -0.159. The Balaban J connectivity index is 2.31. The fourth-order valence-electron chi connectivity index (χ4n) is 1.33. The number of hydrogen-bond acceptors (Lipinski definition) is 4. The molecule has 102 valence electrons. The second-order valence-corrected chi connectivity index (χ2v) is 4.01. The molecule has 9 heteroatoms. The number of aromatic nitrogens is 2. The van der Waals surface area contributed by atoms with Crippen molar-refractivity contribution in [3.63, 3.8) is 0 Å². The van der Waals surface area contributed by atoms with Crippen LogP contribution in [0.3, 0.4) is 0 Å².